The van der Waals surface area contributed by atoms with E-state index in [1.54, 1.807) is 10.9 Å². The lowest BCUT2D eigenvalue weighted by atomic mass is 10.7. The summed E-state index contributed by atoms with van der Waals surface area (Å²) in [4.78, 5) is 0. The minimum absolute atomic E-state index is 0.380. The van der Waals surface area contributed by atoms with Gasteiger partial charge < -0.3 is 9.47 Å². The number of rotatable bonds is 5. The van der Waals surface area contributed by atoms with E-state index in [1.165, 1.54) is 0 Å². The number of aromatic nitrogens is 2. The fourth-order valence-electron chi connectivity index (χ4n) is 0.891. The summed E-state index contributed by atoms with van der Waals surface area (Å²) in [6.45, 7) is 5.08. The van der Waals surface area contributed by atoms with E-state index in [4.69, 9.17) is 9.47 Å². The van der Waals surface area contributed by atoms with Crippen molar-refractivity contribution in [3.05, 3.63) is 18.5 Å². The molecule has 68 valence electrons. The van der Waals surface area contributed by atoms with Gasteiger partial charge in [-0.2, -0.15) is 5.10 Å². The Hall–Kier alpha value is -0.870. The van der Waals surface area contributed by atoms with Crippen molar-refractivity contribution in [2.45, 2.75) is 20.3 Å². The van der Waals surface area contributed by atoms with Gasteiger partial charge in [-0.15, -0.1) is 0 Å². The van der Waals surface area contributed by atoms with Crippen molar-refractivity contribution >= 4 is 0 Å². The number of nitrogens with zero attached hydrogens (tertiary/aromatic N) is 2. The van der Waals surface area contributed by atoms with Crippen LogP contribution in [-0.4, -0.2) is 23.0 Å². The van der Waals surface area contributed by atoms with Crippen LogP contribution in [0.1, 0.15) is 20.3 Å². The molecule has 0 fully saturated rings. The zero-order valence-corrected chi connectivity index (χ0v) is 7.43. The van der Waals surface area contributed by atoms with Crippen molar-refractivity contribution in [3.63, 3.8) is 0 Å². The lowest BCUT2D eigenvalue weighted by Crippen LogP contribution is -2.16. The molecule has 0 saturated heterocycles. The van der Waals surface area contributed by atoms with E-state index >= 15 is 0 Å². The van der Waals surface area contributed by atoms with Gasteiger partial charge in [0.15, 0.2) is 0 Å². The van der Waals surface area contributed by atoms with E-state index in [2.05, 4.69) is 5.10 Å². The van der Waals surface area contributed by atoms with Gasteiger partial charge in [-0.3, -0.25) is 0 Å². The first-order chi connectivity index (χ1) is 5.88. The van der Waals surface area contributed by atoms with E-state index in [0.29, 0.717) is 13.2 Å². The molecule has 0 unspecified atom stereocenters. The molecule has 12 heavy (non-hydrogen) atoms. The number of hydrogen-bond acceptors (Lipinski definition) is 3. The first-order valence-electron chi connectivity index (χ1n) is 4.10. The molecule has 1 heterocycles. The third-order valence-corrected chi connectivity index (χ3v) is 1.36. The van der Waals surface area contributed by atoms with Crippen LogP contribution in [0.5, 0.6) is 0 Å². The van der Waals surface area contributed by atoms with Crippen LogP contribution in [0.4, 0.5) is 0 Å². The predicted molar refractivity (Wildman–Crippen MR) is 44.5 cm³/mol. The van der Waals surface area contributed by atoms with E-state index < -0.39 is 0 Å². The summed E-state index contributed by atoms with van der Waals surface area (Å²) in [5, 5.41) is 4.02. The summed E-state index contributed by atoms with van der Waals surface area (Å²) in [5.74, 6) is 0. The van der Waals surface area contributed by atoms with E-state index in [-0.39, 0.29) is 6.41 Å². The molecule has 0 radical (unpaired) electrons. The molecule has 0 aliphatic rings. The molecular formula is C8H14N2O2. The second-order valence-corrected chi connectivity index (χ2v) is 2.20. The summed E-state index contributed by atoms with van der Waals surface area (Å²) in [5.41, 5.74) is 0. The Kier molecular flexibility index (Phi) is 3.76. The topological polar surface area (TPSA) is 36.3 Å². The highest BCUT2D eigenvalue weighted by Crippen LogP contribution is 2.07. The maximum Gasteiger partial charge on any atom is 0.259 e. The summed E-state index contributed by atoms with van der Waals surface area (Å²) < 4.78 is 12.3. The van der Waals surface area contributed by atoms with Crippen molar-refractivity contribution in [1.29, 1.82) is 0 Å². The van der Waals surface area contributed by atoms with Gasteiger partial charge in [0.25, 0.3) is 6.41 Å². The summed E-state index contributed by atoms with van der Waals surface area (Å²) >= 11 is 0. The lowest BCUT2D eigenvalue weighted by molar-refractivity contribution is -0.192. The van der Waals surface area contributed by atoms with Gasteiger partial charge in [-0.25, -0.2) is 4.68 Å². The highest BCUT2D eigenvalue weighted by Gasteiger charge is 2.08. The molecule has 0 atom stereocenters. The minimum Gasteiger partial charge on any atom is -0.334 e. The molecule has 0 N–H and O–H groups in total. The molecule has 0 bridgehead atoms. The highest BCUT2D eigenvalue weighted by atomic mass is 16.7. The van der Waals surface area contributed by atoms with Crippen LogP contribution in [0.3, 0.4) is 0 Å². The molecule has 0 saturated carbocycles. The second kappa shape index (κ2) is 4.90. The van der Waals surface area contributed by atoms with Crippen molar-refractivity contribution in [3.8, 4) is 0 Å². The molecule has 1 aromatic rings. The summed E-state index contributed by atoms with van der Waals surface area (Å²) in [6, 6.07) is 1.84. The molecule has 0 spiro atoms. The fraction of sp³-hybridized carbons (Fsp3) is 0.625. The number of ether oxygens (including phenoxy) is 2. The Morgan fingerprint density at radius 2 is 2.00 bits per heavy atom. The van der Waals surface area contributed by atoms with E-state index in [0.717, 1.165) is 0 Å². The van der Waals surface area contributed by atoms with Gasteiger partial charge in [-0.05, 0) is 19.9 Å². The van der Waals surface area contributed by atoms with Crippen LogP contribution in [-0.2, 0) is 9.47 Å². The second-order valence-electron chi connectivity index (χ2n) is 2.20. The molecule has 0 aliphatic carbocycles. The van der Waals surface area contributed by atoms with Crippen LogP contribution in [0.2, 0.25) is 0 Å². The minimum atomic E-state index is -0.380. The van der Waals surface area contributed by atoms with Gasteiger partial charge >= 0.3 is 0 Å². The molecule has 4 nitrogen and oxygen atoms in total. The largest absolute Gasteiger partial charge is 0.334 e. The van der Waals surface area contributed by atoms with Gasteiger partial charge in [0.2, 0.25) is 0 Å². The predicted octanol–water partition coefficient (Wildman–Crippen LogP) is 1.41. The van der Waals surface area contributed by atoms with Gasteiger partial charge in [0.05, 0.1) is 0 Å². The van der Waals surface area contributed by atoms with Crippen molar-refractivity contribution in [1.82, 2.24) is 9.78 Å². The Morgan fingerprint density at radius 1 is 1.33 bits per heavy atom. The zero-order chi connectivity index (χ0) is 8.81. The van der Waals surface area contributed by atoms with Crippen molar-refractivity contribution in [2.75, 3.05) is 13.2 Å². The molecular weight excluding hydrogens is 156 g/mol. The standard InChI is InChI=1S/C8H14N2O2/c1-3-11-8(12-4-2)10-7-5-6-9-10/h5-8H,3-4H2,1-2H3. The quantitative estimate of drug-likeness (QED) is 0.627. The molecule has 0 aromatic carbocycles. The first-order valence-corrected chi connectivity index (χ1v) is 4.10. The molecule has 0 aliphatic heterocycles. The average molecular weight is 170 g/mol. The Bertz CT molecular complexity index is 193. The molecule has 1 aromatic heterocycles. The van der Waals surface area contributed by atoms with E-state index in [9.17, 15) is 0 Å². The third kappa shape index (κ3) is 2.32. The van der Waals surface area contributed by atoms with Crippen LogP contribution < -0.4 is 0 Å². The molecule has 0 amide bonds. The molecule has 4 heteroatoms. The van der Waals surface area contributed by atoms with Crippen LogP contribution in [0.25, 0.3) is 0 Å². The normalized spacial score (nSPS) is 10.9. The van der Waals surface area contributed by atoms with Crippen LogP contribution in [0.15, 0.2) is 18.5 Å². The Labute approximate surface area is 72.1 Å². The smallest absolute Gasteiger partial charge is 0.259 e. The van der Waals surface area contributed by atoms with Gasteiger partial charge in [0, 0.05) is 25.6 Å². The zero-order valence-electron chi connectivity index (χ0n) is 7.43. The number of hydrogen-bond donors (Lipinski definition) is 0. The average Bonchev–Trinajstić information content (AvgIpc) is 2.56. The summed E-state index contributed by atoms with van der Waals surface area (Å²) in [7, 11) is 0. The van der Waals surface area contributed by atoms with Crippen LogP contribution >= 0.6 is 0 Å². The monoisotopic (exact) mass is 170 g/mol. The lowest BCUT2D eigenvalue weighted by Gasteiger charge is -2.16. The highest BCUT2D eigenvalue weighted by molar-refractivity contribution is 4.77. The SMILES string of the molecule is CCOC(OCC)n1cccn1. The van der Waals surface area contributed by atoms with Gasteiger partial charge in [0.1, 0.15) is 0 Å². The third-order valence-electron chi connectivity index (χ3n) is 1.36. The fourth-order valence-corrected chi connectivity index (χ4v) is 0.891. The first kappa shape index (κ1) is 9.22. The Morgan fingerprint density at radius 3 is 2.42 bits per heavy atom. The van der Waals surface area contributed by atoms with Crippen molar-refractivity contribution < 1.29 is 9.47 Å². The maximum absolute atomic E-state index is 5.31. The van der Waals surface area contributed by atoms with E-state index in [1.807, 2.05) is 26.1 Å². The van der Waals surface area contributed by atoms with Crippen LogP contribution in [0, 0.1) is 0 Å². The Balaban J connectivity index is 2.53. The summed E-state index contributed by atoms with van der Waals surface area (Å²) in [6.07, 6.45) is 3.14. The maximum atomic E-state index is 5.31. The van der Waals surface area contributed by atoms with Gasteiger partial charge in [-0.1, -0.05) is 0 Å². The molecule has 1 rings (SSSR count). The van der Waals surface area contributed by atoms with Crippen molar-refractivity contribution in [2.24, 2.45) is 0 Å².